The molecule has 2 amide bonds. The highest BCUT2D eigenvalue weighted by molar-refractivity contribution is 5.98. The summed E-state index contributed by atoms with van der Waals surface area (Å²) < 4.78 is 11.0. The van der Waals surface area contributed by atoms with Gasteiger partial charge in [0.2, 0.25) is 11.9 Å². The summed E-state index contributed by atoms with van der Waals surface area (Å²) in [7, 11) is 7.07. The molecule has 234 valence electrons. The number of ether oxygens (including phenoxy) is 2. The summed E-state index contributed by atoms with van der Waals surface area (Å²) in [5.74, 6) is 2.00. The van der Waals surface area contributed by atoms with E-state index in [1.807, 2.05) is 29.2 Å². The van der Waals surface area contributed by atoms with E-state index in [1.165, 1.54) is 0 Å². The molecule has 44 heavy (non-hydrogen) atoms. The van der Waals surface area contributed by atoms with Crippen molar-refractivity contribution in [1.29, 1.82) is 0 Å². The number of benzene rings is 2. The zero-order valence-corrected chi connectivity index (χ0v) is 26.9. The third kappa shape index (κ3) is 6.14. The fourth-order valence-electron chi connectivity index (χ4n) is 6.29. The second-order valence-corrected chi connectivity index (χ2v) is 12.8. The molecular weight excluding hydrogens is 558 g/mol. The van der Waals surface area contributed by atoms with E-state index in [0.29, 0.717) is 47.4 Å². The van der Waals surface area contributed by atoms with Crippen LogP contribution in [0.25, 0.3) is 0 Å². The highest BCUT2D eigenvalue weighted by atomic mass is 16.5. The van der Waals surface area contributed by atoms with Gasteiger partial charge >= 0.3 is 0 Å². The molecule has 0 aliphatic carbocycles. The van der Waals surface area contributed by atoms with E-state index < -0.39 is 0 Å². The molecule has 11 nitrogen and oxygen atoms in total. The first-order valence-corrected chi connectivity index (χ1v) is 14.9. The number of anilines is 5. The molecule has 2 aliphatic rings. The minimum absolute atomic E-state index is 0.0190. The van der Waals surface area contributed by atoms with Crippen LogP contribution in [0, 0.1) is 0 Å². The lowest BCUT2D eigenvalue weighted by molar-refractivity contribution is -0.118. The molecule has 0 saturated carbocycles. The van der Waals surface area contributed by atoms with Crippen molar-refractivity contribution >= 4 is 40.6 Å². The average Bonchev–Trinajstić information content (AvgIpc) is 3.11. The molecule has 1 aromatic heterocycles. The number of amides is 2. The topological polar surface area (TPSA) is 112 Å². The first-order chi connectivity index (χ1) is 20.8. The molecule has 3 heterocycles. The van der Waals surface area contributed by atoms with Gasteiger partial charge in [-0.2, -0.15) is 4.98 Å². The van der Waals surface area contributed by atoms with Crippen molar-refractivity contribution in [3.63, 3.8) is 0 Å². The van der Waals surface area contributed by atoms with Crippen LogP contribution in [0.2, 0.25) is 0 Å². The number of methoxy groups -OCH3 is 2. The minimum Gasteiger partial charge on any atom is -0.497 e. The lowest BCUT2D eigenvalue weighted by Crippen LogP contribution is -2.62. The number of hydrogen-bond acceptors (Lipinski definition) is 9. The van der Waals surface area contributed by atoms with Crippen LogP contribution in [-0.2, 0) is 4.79 Å². The Labute approximate surface area is 259 Å². The van der Waals surface area contributed by atoms with Crippen LogP contribution in [0.1, 0.15) is 57.3 Å². The molecule has 11 heteroatoms. The fraction of sp³-hybridized carbons (Fsp3) is 0.455. The number of piperidine rings is 1. The maximum absolute atomic E-state index is 13.3. The quantitative estimate of drug-likeness (QED) is 0.381. The predicted octanol–water partition coefficient (Wildman–Crippen LogP) is 5.12. The molecule has 0 bridgehead atoms. The third-order valence-electron chi connectivity index (χ3n) is 9.03. The zero-order chi connectivity index (χ0) is 31.8. The Kier molecular flexibility index (Phi) is 8.44. The smallest absolute Gasteiger partial charge is 0.251 e. The van der Waals surface area contributed by atoms with Gasteiger partial charge < -0.3 is 29.9 Å². The summed E-state index contributed by atoms with van der Waals surface area (Å²) in [6.07, 6.45) is 3.69. The fourth-order valence-corrected chi connectivity index (χ4v) is 6.29. The van der Waals surface area contributed by atoms with Gasteiger partial charge in [0.1, 0.15) is 17.2 Å². The van der Waals surface area contributed by atoms with Crippen molar-refractivity contribution in [1.82, 2.24) is 20.2 Å². The molecule has 2 aromatic carbocycles. The first-order valence-electron chi connectivity index (χ1n) is 14.9. The summed E-state index contributed by atoms with van der Waals surface area (Å²) in [4.78, 5) is 41.4. The van der Waals surface area contributed by atoms with E-state index >= 15 is 0 Å². The second kappa shape index (κ2) is 12.0. The van der Waals surface area contributed by atoms with Crippen molar-refractivity contribution in [2.75, 3.05) is 50.0 Å². The number of carbonyl (C=O) groups is 2. The minimum atomic E-state index is -0.139. The van der Waals surface area contributed by atoms with Crippen LogP contribution in [0.4, 0.5) is 28.8 Å². The molecule has 0 unspecified atom stereocenters. The van der Waals surface area contributed by atoms with Gasteiger partial charge in [0.15, 0.2) is 5.82 Å². The number of fused-ring (bicyclic) bond motifs is 1. The van der Waals surface area contributed by atoms with Crippen molar-refractivity contribution in [2.24, 2.45) is 0 Å². The number of carbonyl (C=O) groups excluding carboxylic acids is 2. The lowest BCUT2D eigenvalue weighted by Gasteiger charge is -2.53. The van der Waals surface area contributed by atoms with E-state index in [9.17, 15) is 9.59 Å². The molecule has 3 aromatic rings. The van der Waals surface area contributed by atoms with Gasteiger partial charge in [-0.05, 0) is 90.0 Å². The highest BCUT2D eigenvalue weighted by Gasteiger charge is 2.43. The van der Waals surface area contributed by atoms with Gasteiger partial charge in [-0.25, -0.2) is 4.98 Å². The number of rotatable bonds is 7. The first kappa shape index (κ1) is 31.1. The molecule has 0 radical (unpaired) electrons. The molecule has 2 aliphatic heterocycles. The Balaban J connectivity index is 1.39. The standard InChI is InChI=1S/C33H43N7O4/c1-32(2)18-22(19-33(3,4)39(32)6)35-30(42)21-9-14-25(27(17-21)44-8)36-31-34-20-26-29(37-31)40(16-15-28(41)38(26)5)23-10-12-24(43-7)13-11-23/h9-14,17,20,22H,15-16,18-19H2,1-8H3,(H,35,42)(H,34,36,37). The molecule has 1 fully saturated rings. The molecular formula is C33H43N7O4. The summed E-state index contributed by atoms with van der Waals surface area (Å²) in [5.41, 5.74) is 2.53. The molecule has 0 spiro atoms. The lowest BCUT2D eigenvalue weighted by atomic mass is 9.77. The van der Waals surface area contributed by atoms with Crippen LogP contribution in [-0.4, -0.2) is 78.7 Å². The molecule has 2 N–H and O–H groups in total. The van der Waals surface area contributed by atoms with Crippen LogP contribution in [0.15, 0.2) is 48.7 Å². The van der Waals surface area contributed by atoms with Crippen molar-refractivity contribution in [3.8, 4) is 11.5 Å². The van der Waals surface area contributed by atoms with Gasteiger partial charge in [-0.3, -0.25) is 14.5 Å². The van der Waals surface area contributed by atoms with Crippen molar-refractivity contribution in [2.45, 2.75) is 64.1 Å². The maximum atomic E-state index is 13.3. The van der Waals surface area contributed by atoms with E-state index in [0.717, 1.165) is 24.3 Å². The van der Waals surface area contributed by atoms with Crippen LogP contribution in [0.5, 0.6) is 11.5 Å². The number of likely N-dealkylation sites (tertiary alicyclic amines) is 1. The van der Waals surface area contributed by atoms with Gasteiger partial charge in [0.05, 0.1) is 26.1 Å². The molecule has 5 rings (SSSR count). The third-order valence-corrected chi connectivity index (χ3v) is 9.03. The SMILES string of the molecule is COc1ccc(N2CCC(=O)N(C)c3cnc(Nc4ccc(C(=O)NC5CC(C)(C)N(C)C(C)(C)C5)cc4OC)nc32)cc1. The molecule has 0 atom stereocenters. The van der Waals surface area contributed by atoms with E-state index in [4.69, 9.17) is 14.5 Å². The van der Waals surface area contributed by atoms with Crippen LogP contribution in [0.3, 0.4) is 0 Å². The summed E-state index contributed by atoms with van der Waals surface area (Å²) >= 11 is 0. The number of hydrogen-bond donors (Lipinski definition) is 2. The number of nitrogens with zero attached hydrogens (tertiary/aromatic N) is 5. The largest absolute Gasteiger partial charge is 0.497 e. The van der Waals surface area contributed by atoms with Gasteiger partial charge in [0.25, 0.3) is 5.91 Å². The Hall–Kier alpha value is -4.38. The van der Waals surface area contributed by atoms with Crippen molar-refractivity contribution in [3.05, 3.63) is 54.2 Å². The number of nitrogens with one attached hydrogen (secondary N) is 2. The van der Waals surface area contributed by atoms with Crippen LogP contribution >= 0.6 is 0 Å². The highest BCUT2D eigenvalue weighted by Crippen LogP contribution is 2.38. The van der Waals surface area contributed by atoms with E-state index in [-0.39, 0.29) is 28.9 Å². The Morgan fingerprint density at radius 1 is 0.977 bits per heavy atom. The normalized spacial score (nSPS) is 18.3. The second-order valence-electron chi connectivity index (χ2n) is 12.8. The van der Waals surface area contributed by atoms with Gasteiger partial charge in [0, 0.05) is 48.4 Å². The number of aromatic nitrogens is 2. The van der Waals surface area contributed by atoms with E-state index in [2.05, 4.69) is 55.3 Å². The Bertz CT molecular complexity index is 1520. The van der Waals surface area contributed by atoms with Gasteiger partial charge in [-0.15, -0.1) is 0 Å². The Morgan fingerprint density at radius 2 is 1.66 bits per heavy atom. The summed E-state index contributed by atoms with van der Waals surface area (Å²) in [5, 5.41) is 6.50. The monoisotopic (exact) mass is 601 g/mol. The summed E-state index contributed by atoms with van der Waals surface area (Å²) in [6.45, 7) is 9.32. The van der Waals surface area contributed by atoms with Gasteiger partial charge in [-0.1, -0.05) is 0 Å². The predicted molar refractivity (Wildman–Crippen MR) is 173 cm³/mol. The van der Waals surface area contributed by atoms with Crippen LogP contribution < -0.4 is 29.9 Å². The van der Waals surface area contributed by atoms with Crippen molar-refractivity contribution < 1.29 is 19.1 Å². The average molecular weight is 602 g/mol. The Morgan fingerprint density at radius 3 is 2.30 bits per heavy atom. The summed E-state index contributed by atoms with van der Waals surface area (Å²) in [6, 6.07) is 13.0. The van der Waals surface area contributed by atoms with E-state index in [1.54, 1.807) is 50.6 Å². The molecule has 1 saturated heterocycles. The zero-order valence-electron chi connectivity index (χ0n) is 26.9. The maximum Gasteiger partial charge on any atom is 0.251 e.